The van der Waals surface area contributed by atoms with E-state index in [4.69, 9.17) is 0 Å². The highest BCUT2D eigenvalue weighted by molar-refractivity contribution is 5.53. The summed E-state index contributed by atoms with van der Waals surface area (Å²) in [6, 6.07) is 35.8. The lowest BCUT2D eigenvalue weighted by molar-refractivity contribution is 0.279. The van der Waals surface area contributed by atoms with Crippen LogP contribution in [0.2, 0.25) is 0 Å². The lowest BCUT2D eigenvalue weighted by atomic mass is 9.82. The monoisotopic (exact) mass is 628 g/mol. The SMILES string of the molecule is Cc1ccc(N2CCC(CC3CCN(c4ccc(C)cc4)CC3)CC2)cc1.Cc1ccc(N2CCN(c3ccc(C)cc3)CC2)cc1. The van der Waals surface area contributed by atoms with Crippen LogP contribution in [0.15, 0.2) is 97.1 Å². The van der Waals surface area contributed by atoms with E-state index < -0.39 is 0 Å². The smallest absolute Gasteiger partial charge is 0.0367 e. The second kappa shape index (κ2) is 15.8. The van der Waals surface area contributed by atoms with Crippen molar-refractivity contribution in [1.82, 2.24) is 0 Å². The quantitative estimate of drug-likeness (QED) is 0.211. The molecular formula is C43H56N4. The summed E-state index contributed by atoms with van der Waals surface area (Å²) in [5, 5.41) is 0. The summed E-state index contributed by atoms with van der Waals surface area (Å²) in [6.45, 7) is 17.9. The zero-order valence-corrected chi connectivity index (χ0v) is 29.4. The Kier molecular flexibility index (Phi) is 11.1. The third-order valence-corrected chi connectivity index (χ3v) is 10.8. The van der Waals surface area contributed by atoms with Crippen LogP contribution in [0.5, 0.6) is 0 Å². The molecule has 0 radical (unpaired) electrons. The number of rotatable bonds is 6. The predicted molar refractivity (Wildman–Crippen MR) is 204 cm³/mol. The van der Waals surface area contributed by atoms with Crippen LogP contribution in [0, 0.1) is 39.5 Å². The number of aryl methyl sites for hydroxylation is 4. The van der Waals surface area contributed by atoms with Crippen LogP contribution in [0.25, 0.3) is 0 Å². The van der Waals surface area contributed by atoms with Crippen molar-refractivity contribution in [1.29, 1.82) is 0 Å². The zero-order valence-electron chi connectivity index (χ0n) is 29.4. The Morgan fingerprint density at radius 2 is 0.553 bits per heavy atom. The fourth-order valence-electron chi connectivity index (χ4n) is 7.57. The molecule has 4 nitrogen and oxygen atoms in total. The first-order chi connectivity index (χ1) is 22.9. The second-order valence-corrected chi connectivity index (χ2v) is 14.4. The Morgan fingerprint density at radius 1 is 0.340 bits per heavy atom. The van der Waals surface area contributed by atoms with Crippen molar-refractivity contribution in [3.05, 3.63) is 119 Å². The van der Waals surface area contributed by atoms with Gasteiger partial charge < -0.3 is 19.6 Å². The van der Waals surface area contributed by atoms with E-state index in [0.29, 0.717) is 0 Å². The van der Waals surface area contributed by atoms with E-state index in [1.807, 2.05) is 0 Å². The molecule has 0 aliphatic carbocycles. The summed E-state index contributed by atoms with van der Waals surface area (Å²) >= 11 is 0. The molecule has 47 heavy (non-hydrogen) atoms. The molecule has 3 heterocycles. The van der Waals surface area contributed by atoms with Crippen molar-refractivity contribution >= 4 is 22.7 Å². The van der Waals surface area contributed by atoms with Crippen LogP contribution in [0.3, 0.4) is 0 Å². The van der Waals surface area contributed by atoms with E-state index in [0.717, 1.165) is 38.0 Å². The number of nitrogens with zero attached hydrogens (tertiary/aromatic N) is 4. The Balaban J connectivity index is 0.000000172. The van der Waals surface area contributed by atoms with Gasteiger partial charge in [-0.25, -0.2) is 0 Å². The van der Waals surface area contributed by atoms with E-state index in [-0.39, 0.29) is 0 Å². The lowest BCUT2D eigenvalue weighted by Crippen LogP contribution is -2.46. The highest BCUT2D eigenvalue weighted by Crippen LogP contribution is 2.33. The van der Waals surface area contributed by atoms with E-state index in [1.54, 1.807) is 0 Å². The first kappa shape index (κ1) is 33.0. The van der Waals surface area contributed by atoms with Crippen LogP contribution in [-0.4, -0.2) is 52.4 Å². The van der Waals surface area contributed by atoms with Gasteiger partial charge in [-0.05, 0) is 120 Å². The molecule has 0 bridgehead atoms. The third-order valence-electron chi connectivity index (χ3n) is 10.8. The van der Waals surface area contributed by atoms with Crippen molar-refractivity contribution in [3.63, 3.8) is 0 Å². The van der Waals surface area contributed by atoms with Crippen molar-refractivity contribution < 1.29 is 0 Å². The molecule has 3 aliphatic heterocycles. The van der Waals surface area contributed by atoms with E-state index >= 15 is 0 Å². The zero-order chi connectivity index (χ0) is 32.6. The number of benzene rings is 4. The molecule has 0 atom stereocenters. The van der Waals surface area contributed by atoms with Crippen molar-refractivity contribution in [2.45, 2.75) is 59.8 Å². The molecule has 248 valence electrons. The van der Waals surface area contributed by atoms with E-state index in [1.165, 1.54) is 103 Å². The van der Waals surface area contributed by atoms with Gasteiger partial charge in [0.2, 0.25) is 0 Å². The molecule has 0 amide bonds. The van der Waals surface area contributed by atoms with Gasteiger partial charge in [-0.15, -0.1) is 0 Å². The molecule has 3 fully saturated rings. The molecule has 4 heteroatoms. The molecule has 3 aliphatic rings. The Hall–Kier alpha value is -3.92. The molecule has 0 saturated carbocycles. The van der Waals surface area contributed by atoms with Crippen molar-refractivity contribution in [2.75, 3.05) is 72.0 Å². The largest absolute Gasteiger partial charge is 0.372 e. The highest BCUT2D eigenvalue weighted by Gasteiger charge is 2.26. The average Bonchev–Trinajstić information content (AvgIpc) is 3.11. The molecule has 0 aromatic heterocycles. The van der Waals surface area contributed by atoms with E-state index in [9.17, 15) is 0 Å². The molecule has 4 aromatic rings. The normalized spacial score (nSPS) is 17.8. The second-order valence-electron chi connectivity index (χ2n) is 14.4. The van der Waals surface area contributed by atoms with Gasteiger partial charge in [-0.3, -0.25) is 0 Å². The minimum Gasteiger partial charge on any atom is -0.372 e. The maximum atomic E-state index is 2.58. The lowest BCUT2D eigenvalue weighted by Gasteiger charge is -2.38. The van der Waals surface area contributed by atoms with Crippen molar-refractivity contribution in [2.24, 2.45) is 11.8 Å². The number of anilines is 4. The first-order valence-corrected chi connectivity index (χ1v) is 18.2. The third kappa shape index (κ3) is 9.12. The maximum Gasteiger partial charge on any atom is 0.0367 e. The van der Waals surface area contributed by atoms with Crippen LogP contribution in [0.4, 0.5) is 22.7 Å². The molecule has 7 rings (SSSR count). The topological polar surface area (TPSA) is 13.0 Å². The number of piperidine rings is 2. The molecule has 4 aromatic carbocycles. The van der Waals surface area contributed by atoms with Gasteiger partial charge in [0.25, 0.3) is 0 Å². The Labute approximate surface area is 285 Å². The number of piperazine rings is 1. The number of hydrogen-bond acceptors (Lipinski definition) is 4. The Bertz CT molecular complexity index is 1370. The van der Waals surface area contributed by atoms with Crippen LogP contribution >= 0.6 is 0 Å². The minimum absolute atomic E-state index is 0.933. The summed E-state index contributed by atoms with van der Waals surface area (Å²) < 4.78 is 0. The van der Waals surface area contributed by atoms with E-state index in [2.05, 4.69) is 144 Å². The van der Waals surface area contributed by atoms with Crippen LogP contribution < -0.4 is 19.6 Å². The summed E-state index contributed by atoms with van der Waals surface area (Å²) in [5.41, 5.74) is 10.9. The van der Waals surface area contributed by atoms with Gasteiger partial charge >= 0.3 is 0 Å². The summed E-state index contributed by atoms with van der Waals surface area (Å²) in [5.74, 6) is 1.87. The van der Waals surface area contributed by atoms with Gasteiger partial charge in [0, 0.05) is 75.1 Å². The molecule has 3 saturated heterocycles. The molecule has 0 unspecified atom stereocenters. The van der Waals surface area contributed by atoms with Gasteiger partial charge in [0.1, 0.15) is 0 Å². The maximum absolute atomic E-state index is 2.58. The van der Waals surface area contributed by atoms with Crippen LogP contribution in [-0.2, 0) is 0 Å². The summed E-state index contributed by atoms with van der Waals surface area (Å²) in [4.78, 5) is 10.1. The average molecular weight is 629 g/mol. The first-order valence-electron chi connectivity index (χ1n) is 18.2. The van der Waals surface area contributed by atoms with Gasteiger partial charge in [0.15, 0.2) is 0 Å². The van der Waals surface area contributed by atoms with Crippen molar-refractivity contribution in [3.8, 4) is 0 Å². The highest BCUT2D eigenvalue weighted by atomic mass is 15.3. The molecule has 0 spiro atoms. The van der Waals surface area contributed by atoms with Gasteiger partial charge in [-0.2, -0.15) is 0 Å². The van der Waals surface area contributed by atoms with Gasteiger partial charge in [-0.1, -0.05) is 70.8 Å². The predicted octanol–water partition coefficient (Wildman–Crippen LogP) is 9.46. The summed E-state index contributed by atoms with van der Waals surface area (Å²) in [7, 11) is 0. The fourth-order valence-corrected chi connectivity index (χ4v) is 7.57. The minimum atomic E-state index is 0.933. The number of hydrogen-bond donors (Lipinski definition) is 0. The standard InChI is InChI=1S/C25H34N2.C18H22N2/c1-20-3-7-24(8-4-20)26-15-11-22(12-16-26)19-23-13-17-27(18-14-23)25-9-5-21(2)6-10-25;1-15-3-7-17(8-4-15)19-11-13-20(14-12-19)18-9-5-16(2)6-10-18/h3-10,22-23H,11-19H2,1-2H3;3-10H,11-14H2,1-2H3. The fraction of sp³-hybridized carbons (Fsp3) is 0.442. The molecule has 0 N–H and O–H groups in total. The molecular weight excluding hydrogens is 573 g/mol. The van der Waals surface area contributed by atoms with Gasteiger partial charge in [0.05, 0.1) is 0 Å². The Morgan fingerprint density at radius 3 is 0.787 bits per heavy atom. The summed E-state index contributed by atoms with van der Waals surface area (Å²) in [6.07, 6.45) is 6.92. The van der Waals surface area contributed by atoms with Crippen LogP contribution in [0.1, 0.15) is 54.4 Å².